The first-order valence-corrected chi connectivity index (χ1v) is 6.91. The number of carbonyl (C=O) groups is 1. The predicted molar refractivity (Wildman–Crippen MR) is 72.4 cm³/mol. The van der Waals surface area contributed by atoms with Gasteiger partial charge in [-0.05, 0) is 32.9 Å². The van der Waals surface area contributed by atoms with E-state index in [9.17, 15) is 4.79 Å². The van der Waals surface area contributed by atoms with Crippen molar-refractivity contribution < 1.29 is 9.53 Å². The lowest BCUT2D eigenvalue weighted by atomic mass is 10.1. The molecule has 0 radical (unpaired) electrons. The van der Waals surface area contributed by atoms with E-state index in [1.807, 2.05) is 0 Å². The zero-order chi connectivity index (χ0) is 13.4. The van der Waals surface area contributed by atoms with Crippen LogP contribution in [0.5, 0.6) is 0 Å². The lowest BCUT2D eigenvalue weighted by molar-refractivity contribution is -0.123. The van der Waals surface area contributed by atoms with Gasteiger partial charge in [-0.1, -0.05) is 6.42 Å². The molecule has 0 bridgehead atoms. The topological polar surface area (TPSA) is 67.6 Å². The molecule has 0 aromatic rings. The maximum atomic E-state index is 11.7. The van der Waals surface area contributed by atoms with Gasteiger partial charge in [-0.2, -0.15) is 0 Å². The van der Waals surface area contributed by atoms with Crippen LogP contribution in [0.4, 0.5) is 0 Å². The van der Waals surface area contributed by atoms with Crippen LogP contribution in [0, 0.1) is 0 Å². The first-order chi connectivity index (χ1) is 8.67. The van der Waals surface area contributed by atoms with Gasteiger partial charge in [-0.3, -0.25) is 9.69 Å². The third-order valence-electron chi connectivity index (χ3n) is 3.62. The largest absolute Gasteiger partial charge is 0.380 e. The molecule has 5 nitrogen and oxygen atoms in total. The van der Waals surface area contributed by atoms with Crippen molar-refractivity contribution >= 4 is 5.91 Å². The zero-order valence-electron chi connectivity index (χ0n) is 11.7. The number of likely N-dealkylation sites (tertiary alicyclic amines) is 1. The van der Waals surface area contributed by atoms with Crippen LogP contribution < -0.4 is 11.1 Å². The second kappa shape index (κ2) is 8.45. The maximum Gasteiger partial charge on any atom is 0.222 e. The van der Waals surface area contributed by atoms with Crippen molar-refractivity contribution in [2.75, 3.05) is 33.3 Å². The van der Waals surface area contributed by atoms with E-state index < -0.39 is 0 Å². The first kappa shape index (κ1) is 15.4. The molecule has 0 aliphatic carbocycles. The molecular formula is C13H27N3O2. The van der Waals surface area contributed by atoms with Crippen LogP contribution in [0.2, 0.25) is 0 Å². The molecule has 0 aromatic heterocycles. The van der Waals surface area contributed by atoms with Gasteiger partial charge < -0.3 is 15.8 Å². The van der Waals surface area contributed by atoms with Gasteiger partial charge in [-0.15, -0.1) is 0 Å². The normalized spacial score (nSPS) is 20.4. The standard InChI is InChI=1S/C13H27N3O2/c1-11(16-6-4-3-5-7-16)10-15-13(17)8-12(9-14)18-2/h11-12H,3-10,14H2,1-2H3,(H,15,17). The van der Waals surface area contributed by atoms with Crippen LogP contribution in [0.25, 0.3) is 0 Å². The monoisotopic (exact) mass is 257 g/mol. The summed E-state index contributed by atoms with van der Waals surface area (Å²) in [7, 11) is 1.58. The number of carbonyl (C=O) groups excluding carboxylic acids is 1. The average molecular weight is 257 g/mol. The van der Waals surface area contributed by atoms with Gasteiger partial charge in [0.25, 0.3) is 0 Å². The number of hydrogen-bond acceptors (Lipinski definition) is 4. The molecule has 1 fully saturated rings. The Hall–Kier alpha value is -0.650. The molecule has 106 valence electrons. The van der Waals surface area contributed by atoms with Crippen molar-refractivity contribution in [3.63, 3.8) is 0 Å². The molecule has 2 unspecified atom stereocenters. The lowest BCUT2D eigenvalue weighted by Crippen LogP contribution is -2.45. The number of piperidine rings is 1. The van der Waals surface area contributed by atoms with Gasteiger partial charge in [0, 0.05) is 26.2 Å². The van der Waals surface area contributed by atoms with Gasteiger partial charge in [0.2, 0.25) is 5.91 Å². The second-order valence-corrected chi connectivity index (χ2v) is 5.05. The lowest BCUT2D eigenvalue weighted by Gasteiger charge is -2.32. The zero-order valence-corrected chi connectivity index (χ0v) is 11.7. The Kier molecular flexibility index (Phi) is 7.23. The average Bonchev–Trinajstić information content (AvgIpc) is 2.43. The Bertz CT molecular complexity index is 238. The van der Waals surface area contributed by atoms with Crippen LogP contribution >= 0.6 is 0 Å². The summed E-state index contributed by atoms with van der Waals surface area (Å²) in [5.74, 6) is 0.0242. The summed E-state index contributed by atoms with van der Waals surface area (Å²) in [6, 6.07) is 0.410. The number of nitrogens with two attached hydrogens (primary N) is 1. The van der Waals surface area contributed by atoms with E-state index in [-0.39, 0.29) is 12.0 Å². The molecule has 1 heterocycles. The molecule has 3 N–H and O–H groups in total. The van der Waals surface area contributed by atoms with E-state index >= 15 is 0 Å². The third-order valence-corrected chi connectivity index (χ3v) is 3.62. The fourth-order valence-corrected chi connectivity index (χ4v) is 2.29. The van der Waals surface area contributed by atoms with E-state index in [0.29, 0.717) is 25.6 Å². The number of hydrogen-bond donors (Lipinski definition) is 2. The fraction of sp³-hybridized carbons (Fsp3) is 0.923. The van der Waals surface area contributed by atoms with Gasteiger partial charge in [-0.25, -0.2) is 0 Å². The van der Waals surface area contributed by atoms with Crippen molar-refractivity contribution in [1.82, 2.24) is 10.2 Å². The molecule has 2 atom stereocenters. The highest BCUT2D eigenvalue weighted by atomic mass is 16.5. The highest BCUT2D eigenvalue weighted by Crippen LogP contribution is 2.11. The second-order valence-electron chi connectivity index (χ2n) is 5.05. The number of nitrogens with zero attached hydrogens (tertiary/aromatic N) is 1. The Morgan fingerprint density at radius 3 is 2.61 bits per heavy atom. The molecule has 0 spiro atoms. The number of rotatable bonds is 7. The van der Waals surface area contributed by atoms with Crippen LogP contribution in [0.3, 0.4) is 0 Å². The summed E-state index contributed by atoms with van der Waals surface area (Å²) in [5.41, 5.74) is 5.49. The summed E-state index contributed by atoms with van der Waals surface area (Å²) in [4.78, 5) is 14.1. The van der Waals surface area contributed by atoms with Crippen molar-refractivity contribution in [1.29, 1.82) is 0 Å². The van der Waals surface area contributed by atoms with E-state index in [2.05, 4.69) is 17.1 Å². The summed E-state index contributed by atoms with van der Waals surface area (Å²) in [6.45, 7) is 5.56. The molecule has 5 heteroatoms. The quantitative estimate of drug-likeness (QED) is 0.690. The third kappa shape index (κ3) is 5.33. The molecule has 1 aliphatic heterocycles. The van der Waals surface area contributed by atoms with Gasteiger partial charge in [0.05, 0.1) is 12.5 Å². The Balaban J connectivity index is 2.20. The minimum absolute atomic E-state index is 0.0242. The van der Waals surface area contributed by atoms with Gasteiger partial charge in [0.1, 0.15) is 0 Å². The molecule has 18 heavy (non-hydrogen) atoms. The summed E-state index contributed by atoms with van der Waals surface area (Å²) < 4.78 is 5.10. The molecule has 1 aliphatic rings. The van der Waals surface area contributed by atoms with E-state index in [4.69, 9.17) is 10.5 Å². The van der Waals surface area contributed by atoms with Crippen LogP contribution in [0.15, 0.2) is 0 Å². The minimum Gasteiger partial charge on any atom is -0.380 e. The van der Waals surface area contributed by atoms with Gasteiger partial charge in [0.15, 0.2) is 0 Å². The number of ether oxygens (including phenoxy) is 1. The van der Waals surface area contributed by atoms with Crippen LogP contribution in [-0.2, 0) is 9.53 Å². The molecule has 0 saturated carbocycles. The maximum absolute atomic E-state index is 11.7. The van der Waals surface area contributed by atoms with Crippen LogP contribution in [-0.4, -0.2) is 56.2 Å². The highest BCUT2D eigenvalue weighted by molar-refractivity contribution is 5.76. The first-order valence-electron chi connectivity index (χ1n) is 6.91. The van der Waals surface area contributed by atoms with Crippen molar-refractivity contribution in [3.05, 3.63) is 0 Å². The molecule has 1 amide bonds. The fourth-order valence-electron chi connectivity index (χ4n) is 2.29. The summed E-state index contributed by atoms with van der Waals surface area (Å²) >= 11 is 0. The Labute approximate surface area is 110 Å². The SMILES string of the molecule is COC(CN)CC(=O)NCC(C)N1CCCCC1. The predicted octanol–water partition coefficient (Wildman–Crippen LogP) is 0.341. The van der Waals surface area contributed by atoms with E-state index in [1.165, 1.54) is 19.3 Å². The molecular weight excluding hydrogens is 230 g/mol. The van der Waals surface area contributed by atoms with Crippen molar-refractivity contribution in [2.45, 2.75) is 44.8 Å². The summed E-state index contributed by atoms with van der Waals surface area (Å²) in [5, 5.41) is 2.96. The van der Waals surface area contributed by atoms with E-state index in [0.717, 1.165) is 13.1 Å². The number of methoxy groups -OCH3 is 1. The van der Waals surface area contributed by atoms with Crippen molar-refractivity contribution in [3.8, 4) is 0 Å². The Morgan fingerprint density at radius 1 is 1.39 bits per heavy atom. The van der Waals surface area contributed by atoms with Crippen LogP contribution in [0.1, 0.15) is 32.6 Å². The van der Waals surface area contributed by atoms with Gasteiger partial charge >= 0.3 is 0 Å². The molecule has 1 rings (SSSR count). The minimum atomic E-state index is -0.171. The number of amides is 1. The Morgan fingerprint density at radius 2 is 2.06 bits per heavy atom. The van der Waals surface area contributed by atoms with E-state index in [1.54, 1.807) is 7.11 Å². The highest BCUT2D eigenvalue weighted by Gasteiger charge is 2.18. The molecule has 1 saturated heterocycles. The van der Waals surface area contributed by atoms with Crippen molar-refractivity contribution in [2.24, 2.45) is 5.73 Å². The summed E-state index contributed by atoms with van der Waals surface area (Å²) in [6.07, 6.45) is 4.06. The number of nitrogens with one attached hydrogen (secondary N) is 1. The molecule has 0 aromatic carbocycles. The smallest absolute Gasteiger partial charge is 0.222 e.